The molecule has 0 bridgehead atoms. The number of hydrogen-bond acceptors (Lipinski definition) is 2. The van der Waals surface area contributed by atoms with Crippen molar-refractivity contribution in [3.05, 3.63) is 23.5 Å². The molecule has 4 heteroatoms. The minimum absolute atomic E-state index is 0.268. The third kappa shape index (κ3) is 2.02. The molecule has 3 N–H and O–H groups in total. The number of nitrogens with one attached hydrogen (secondary N) is 1. The molecule has 0 spiro atoms. The Morgan fingerprint density at radius 1 is 1.62 bits per heavy atom. The molecule has 0 saturated carbocycles. The molecule has 0 aromatic carbocycles. The molecule has 1 heterocycles. The topological polar surface area (TPSA) is 60.1 Å². The quantitative estimate of drug-likeness (QED) is 0.726. The van der Waals surface area contributed by atoms with E-state index in [4.69, 9.17) is 5.73 Å². The number of primary amides is 1. The first-order valence-corrected chi connectivity index (χ1v) is 4.26. The molecule has 0 fully saturated rings. The third-order valence-corrected chi connectivity index (χ3v) is 1.72. The Morgan fingerprint density at radius 3 is 2.69 bits per heavy atom. The fourth-order valence-electron chi connectivity index (χ4n) is 1.23. The minimum Gasteiger partial charge on any atom is -0.364 e. The predicted molar refractivity (Wildman–Crippen MR) is 52.2 cm³/mol. The van der Waals surface area contributed by atoms with Crippen LogP contribution in [0, 0.1) is 6.92 Å². The standard InChI is InChI=1S/C9H15N3O/c1-6(2)11-12-5-4-7(3)8(12)9(10)13/h4-6,11H,1-3H3,(H2,10,13). The number of carbonyl (C=O) groups is 1. The lowest BCUT2D eigenvalue weighted by molar-refractivity contribution is 0.0992. The Labute approximate surface area is 77.7 Å². The van der Waals surface area contributed by atoms with Crippen LogP contribution in [0.25, 0.3) is 0 Å². The summed E-state index contributed by atoms with van der Waals surface area (Å²) in [5, 5.41) is 0. The van der Waals surface area contributed by atoms with Crippen LogP contribution in [0.2, 0.25) is 0 Å². The van der Waals surface area contributed by atoms with Crippen LogP contribution in [0.1, 0.15) is 29.9 Å². The lowest BCUT2D eigenvalue weighted by atomic mass is 10.3. The van der Waals surface area contributed by atoms with Crippen molar-refractivity contribution in [2.45, 2.75) is 26.8 Å². The van der Waals surface area contributed by atoms with E-state index in [0.717, 1.165) is 5.56 Å². The zero-order chi connectivity index (χ0) is 10.0. The van der Waals surface area contributed by atoms with Gasteiger partial charge in [0.05, 0.1) is 0 Å². The van der Waals surface area contributed by atoms with Gasteiger partial charge in [-0.3, -0.25) is 9.47 Å². The van der Waals surface area contributed by atoms with Gasteiger partial charge in [0.15, 0.2) is 0 Å². The Balaban J connectivity index is 3.00. The summed E-state index contributed by atoms with van der Waals surface area (Å²) >= 11 is 0. The maximum absolute atomic E-state index is 11.0. The molecular formula is C9H15N3O. The highest BCUT2D eigenvalue weighted by molar-refractivity contribution is 5.92. The maximum Gasteiger partial charge on any atom is 0.267 e. The van der Waals surface area contributed by atoms with Crippen LogP contribution in [0.5, 0.6) is 0 Å². The summed E-state index contributed by atoms with van der Waals surface area (Å²) in [5.41, 5.74) is 9.74. The number of aromatic nitrogens is 1. The van der Waals surface area contributed by atoms with Crippen molar-refractivity contribution in [3.63, 3.8) is 0 Å². The molecule has 0 radical (unpaired) electrons. The van der Waals surface area contributed by atoms with Crippen LogP contribution in [0.3, 0.4) is 0 Å². The highest BCUT2D eigenvalue weighted by Crippen LogP contribution is 2.07. The summed E-state index contributed by atoms with van der Waals surface area (Å²) in [6, 6.07) is 2.13. The summed E-state index contributed by atoms with van der Waals surface area (Å²) in [6.07, 6.45) is 1.80. The van der Waals surface area contributed by atoms with E-state index in [-0.39, 0.29) is 6.04 Å². The monoisotopic (exact) mass is 181 g/mol. The molecule has 0 aliphatic carbocycles. The molecule has 0 aliphatic heterocycles. The van der Waals surface area contributed by atoms with Gasteiger partial charge in [0.1, 0.15) is 5.69 Å². The van der Waals surface area contributed by atoms with Gasteiger partial charge in [-0.1, -0.05) is 0 Å². The Morgan fingerprint density at radius 2 is 2.23 bits per heavy atom. The number of carbonyl (C=O) groups excluding carboxylic acids is 1. The smallest absolute Gasteiger partial charge is 0.267 e. The number of nitrogens with two attached hydrogens (primary N) is 1. The second-order valence-electron chi connectivity index (χ2n) is 3.37. The van der Waals surface area contributed by atoms with Crippen LogP contribution < -0.4 is 11.2 Å². The van der Waals surface area contributed by atoms with E-state index in [9.17, 15) is 4.79 Å². The number of aryl methyl sites for hydroxylation is 1. The summed E-state index contributed by atoms with van der Waals surface area (Å²) in [5.74, 6) is -0.407. The van der Waals surface area contributed by atoms with Gasteiger partial charge in [0.2, 0.25) is 0 Å². The largest absolute Gasteiger partial charge is 0.364 e. The van der Waals surface area contributed by atoms with Gasteiger partial charge in [-0.15, -0.1) is 0 Å². The second kappa shape index (κ2) is 3.51. The molecule has 13 heavy (non-hydrogen) atoms. The molecular weight excluding hydrogens is 166 g/mol. The van der Waals surface area contributed by atoms with Gasteiger partial charge >= 0.3 is 0 Å². The molecule has 0 unspecified atom stereocenters. The van der Waals surface area contributed by atoms with Crippen LogP contribution in [-0.4, -0.2) is 16.6 Å². The average Bonchev–Trinajstić information content (AvgIpc) is 2.30. The van der Waals surface area contributed by atoms with Crippen molar-refractivity contribution >= 4 is 5.91 Å². The van der Waals surface area contributed by atoms with Gasteiger partial charge < -0.3 is 11.2 Å². The van der Waals surface area contributed by atoms with Gasteiger partial charge in [0.25, 0.3) is 5.91 Å². The van der Waals surface area contributed by atoms with E-state index in [1.807, 2.05) is 26.8 Å². The minimum atomic E-state index is -0.407. The lowest BCUT2D eigenvalue weighted by Gasteiger charge is -2.13. The van der Waals surface area contributed by atoms with Crippen LogP contribution in [0.15, 0.2) is 12.3 Å². The molecule has 72 valence electrons. The highest BCUT2D eigenvalue weighted by atomic mass is 16.1. The zero-order valence-electron chi connectivity index (χ0n) is 8.16. The van der Waals surface area contributed by atoms with Crippen LogP contribution in [-0.2, 0) is 0 Å². The number of nitrogens with zero attached hydrogens (tertiary/aromatic N) is 1. The van der Waals surface area contributed by atoms with Crippen LogP contribution in [0.4, 0.5) is 0 Å². The first kappa shape index (κ1) is 9.64. The van der Waals surface area contributed by atoms with Gasteiger partial charge in [-0.25, -0.2) is 0 Å². The molecule has 1 amide bonds. The molecule has 0 aliphatic rings. The maximum atomic E-state index is 11.0. The van der Waals surface area contributed by atoms with E-state index in [2.05, 4.69) is 5.43 Å². The van der Waals surface area contributed by atoms with E-state index in [0.29, 0.717) is 5.69 Å². The number of rotatable bonds is 3. The lowest BCUT2D eigenvalue weighted by Crippen LogP contribution is -2.27. The van der Waals surface area contributed by atoms with Gasteiger partial charge in [-0.05, 0) is 32.4 Å². The van der Waals surface area contributed by atoms with Crippen molar-refractivity contribution in [2.75, 3.05) is 5.43 Å². The molecule has 0 atom stereocenters. The Bertz CT molecular complexity index is 315. The van der Waals surface area contributed by atoms with Gasteiger partial charge in [-0.2, -0.15) is 0 Å². The number of amides is 1. The number of hydrogen-bond donors (Lipinski definition) is 2. The summed E-state index contributed by atoms with van der Waals surface area (Å²) < 4.78 is 1.67. The van der Waals surface area contributed by atoms with E-state index >= 15 is 0 Å². The summed E-state index contributed by atoms with van der Waals surface area (Å²) in [4.78, 5) is 11.0. The summed E-state index contributed by atoms with van der Waals surface area (Å²) in [6.45, 7) is 5.86. The first-order chi connectivity index (χ1) is 6.02. The Hall–Kier alpha value is -1.45. The van der Waals surface area contributed by atoms with Crippen LogP contribution >= 0.6 is 0 Å². The summed E-state index contributed by atoms with van der Waals surface area (Å²) in [7, 11) is 0. The van der Waals surface area contributed by atoms with Crippen molar-refractivity contribution in [1.82, 2.24) is 4.68 Å². The molecule has 1 aromatic heterocycles. The first-order valence-electron chi connectivity index (χ1n) is 4.26. The second-order valence-corrected chi connectivity index (χ2v) is 3.37. The SMILES string of the molecule is Cc1ccn(NC(C)C)c1C(N)=O. The van der Waals surface area contributed by atoms with Crippen molar-refractivity contribution in [1.29, 1.82) is 0 Å². The third-order valence-electron chi connectivity index (χ3n) is 1.72. The highest BCUT2D eigenvalue weighted by Gasteiger charge is 2.11. The Kier molecular flexibility index (Phi) is 2.60. The van der Waals surface area contributed by atoms with E-state index in [1.165, 1.54) is 0 Å². The molecule has 4 nitrogen and oxygen atoms in total. The van der Waals surface area contributed by atoms with Crippen molar-refractivity contribution < 1.29 is 4.79 Å². The fraction of sp³-hybridized carbons (Fsp3) is 0.444. The van der Waals surface area contributed by atoms with Gasteiger partial charge in [0, 0.05) is 12.2 Å². The average molecular weight is 181 g/mol. The van der Waals surface area contributed by atoms with E-state index < -0.39 is 5.91 Å². The molecule has 1 aromatic rings. The van der Waals surface area contributed by atoms with Crippen molar-refractivity contribution in [2.24, 2.45) is 5.73 Å². The zero-order valence-corrected chi connectivity index (χ0v) is 8.16. The predicted octanol–water partition coefficient (Wildman–Crippen LogP) is 0.847. The van der Waals surface area contributed by atoms with E-state index in [1.54, 1.807) is 10.9 Å². The molecule has 1 rings (SSSR count). The fourth-order valence-corrected chi connectivity index (χ4v) is 1.23. The normalized spacial score (nSPS) is 10.5. The van der Waals surface area contributed by atoms with Crippen molar-refractivity contribution in [3.8, 4) is 0 Å². The molecule has 0 saturated heterocycles.